The fraction of sp³-hybridized carbons (Fsp3) is 0.929. The number of carbonyl (C=O) groups excluding carboxylic acids is 2. The maximum Gasteiger partial charge on any atom is 0.508 e. The lowest BCUT2D eigenvalue weighted by molar-refractivity contribution is -0.201. The fourth-order valence-electron chi connectivity index (χ4n) is 6.55. The molecule has 2 rings (SSSR count). The van der Waals surface area contributed by atoms with E-state index in [1.165, 1.54) is 7.11 Å². The van der Waals surface area contributed by atoms with Crippen molar-refractivity contribution < 1.29 is 47.5 Å². The lowest BCUT2D eigenvalue weighted by atomic mass is 9.75. The SMILES string of the molecule is CCC(OCOC)C1(C)OC(C)(C)OC1C(C)C(OC(=O)OC)C(C)CC1(C)OC(C)(C)OC1C(C)C=O. The Hall–Kier alpha value is -1.30. The molecule has 10 nitrogen and oxygen atoms in total. The van der Waals surface area contributed by atoms with Gasteiger partial charge in [0.05, 0.1) is 31.0 Å². The predicted molar refractivity (Wildman–Crippen MR) is 139 cm³/mol. The Kier molecular flexibility index (Phi) is 10.8. The standard InChI is InChI=1S/C28H50O10/c1-13-20(33-16-31-11)28(10)23(36-26(7,8)38-28)19(4)21(34-24(30)32-12)17(2)14-27(9)22(18(3)15-29)35-25(5,6)37-27/h15,17-23H,13-14,16H2,1-12H3. The summed E-state index contributed by atoms with van der Waals surface area (Å²) < 4.78 is 47.4. The number of carbonyl (C=O) groups is 2. The highest BCUT2D eigenvalue weighted by Crippen LogP contribution is 2.48. The maximum atomic E-state index is 12.4. The summed E-state index contributed by atoms with van der Waals surface area (Å²) in [6.45, 7) is 19.2. The number of hydrogen-bond acceptors (Lipinski definition) is 10. The quantitative estimate of drug-likeness (QED) is 0.181. The second kappa shape index (κ2) is 12.5. The fourth-order valence-corrected chi connectivity index (χ4v) is 6.55. The van der Waals surface area contributed by atoms with Crippen LogP contribution >= 0.6 is 0 Å². The van der Waals surface area contributed by atoms with Crippen LogP contribution in [0.3, 0.4) is 0 Å². The molecule has 0 amide bonds. The lowest BCUT2D eigenvalue weighted by Crippen LogP contribution is -2.55. The summed E-state index contributed by atoms with van der Waals surface area (Å²) in [6.07, 6.45) is -0.733. The molecule has 0 N–H and O–H groups in total. The molecule has 0 aliphatic carbocycles. The third-order valence-electron chi connectivity index (χ3n) is 7.71. The van der Waals surface area contributed by atoms with Crippen LogP contribution in [-0.2, 0) is 42.7 Å². The average molecular weight is 547 g/mol. The van der Waals surface area contributed by atoms with E-state index in [4.69, 9.17) is 37.9 Å². The first kappa shape index (κ1) is 32.9. The van der Waals surface area contributed by atoms with Crippen molar-refractivity contribution in [2.45, 2.75) is 129 Å². The Morgan fingerprint density at radius 1 is 0.947 bits per heavy atom. The number of rotatable bonds is 13. The van der Waals surface area contributed by atoms with Crippen molar-refractivity contribution >= 4 is 12.4 Å². The molecule has 0 spiro atoms. The minimum absolute atomic E-state index is 0.110. The molecule has 0 aromatic rings. The second-order valence-corrected chi connectivity index (χ2v) is 12.1. The molecule has 2 heterocycles. The summed E-state index contributed by atoms with van der Waals surface area (Å²) in [5.74, 6) is -2.70. The van der Waals surface area contributed by atoms with Crippen LogP contribution in [0.4, 0.5) is 4.79 Å². The minimum atomic E-state index is -0.889. The molecule has 9 unspecified atom stereocenters. The molecule has 0 aromatic heterocycles. The van der Waals surface area contributed by atoms with Gasteiger partial charge in [-0.3, -0.25) is 0 Å². The van der Waals surface area contributed by atoms with E-state index in [1.54, 1.807) is 7.11 Å². The normalized spacial score (nSPS) is 34.2. The van der Waals surface area contributed by atoms with Gasteiger partial charge in [0.1, 0.15) is 24.8 Å². The monoisotopic (exact) mass is 546 g/mol. The van der Waals surface area contributed by atoms with Crippen molar-refractivity contribution in [3.05, 3.63) is 0 Å². The van der Waals surface area contributed by atoms with Crippen molar-refractivity contribution in [3.8, 4) is 0 Å². The first-order valence-corrected chi connectivity index (χ1v) is 13.6. The van der Waals surface area contributed by atoms with Gasteiger partial charge in [-0.25, -0.2) is 4.79 Å². The van der Waals surface area contributed by atoms with Gasteiger partial charge in [0.2, 0.25) is 0 Å². The van der Waals surface area contributed by atoms with Crippen LogP contribution in [0.25, 0.3) is 0 Å². The van der Waals surface area contributed by atoms with E-state index in [9.17, 15) is 9.59 Å². The van der Waals surface area contributed by atoms with Crippen LogP contribution < -0.4 is 0 Å². The summed E-state index contributed by atoms with van der Waals surface area (Å²) in [6, 6.07) is 0. The lowest BCUT2D eigenvalue weighted by Gasteiger charge is -2.42. The summed E-state index contributed by atoms with van der Waals surface area (Å²) in [7, 11) is 2.85. The van der Waals surface area contributed by atoms with Crippen molar-refractivity contribution in [3.63, 3.8) is 0 Å². The predicted octanol–water partition coefficient (Wildman–Crippen LogP) is 4.85. The highest BCUT2D eigenvalue weighted by molar-refractivity contribution is 5.60. The second-order valence-electron chi connectivity index (χ2n) is 12.1. The van der Waals surface area contributed by atoms with Gasteiger partial charge in [0.25, 0.3) is 0 Å². The molecule has 2 aliphatic heterocycles. The number of aldehydes is 1. The largest absolute Gasteiger partial charge is 0.508 e. The van der Waals surface area contributed by atoms with Crippen molar-refractivity contribution in [2.24, 2.45) is 17.8 Å². The van der Waals surface area contributed by atoms with E-state index >= 15 is 0 Å². The van der Waals surface area contributed by atoms with Gasteiger partial charge in [-0.2, -0.15) is 0 Å². The highest BCUT2D eigenvalue weighted by atomic mass is 16.8. The molecule has 10 heteroatoms. The maximum absolute atomic E-state index is 12.4. The van der Waals surface area contributed by atoms with Gasteiger partial charge in [-0.1, -0.05) is 27.7 Å². The van der Waals surface area contributed by atoms with Crippen molar-refractivity contribution in [1.82, 2.24) is 0 Å². The summed E-state index contributed by atoms with van der Waals surface area (Å²) in [5, 5.41) is 0. The van der Waals surface area contributed by atoms with Gasteiger partial charge in [0.15, 0.2) is 11.6 Å². The highest BCUT2D eigenvalue weighted by Gasteiger charge is 2.59. The Balaban J connectivity index is 2.43. The molecule has 0 bridgehead atoms. The van der Waals surface area contributed by atoms with Crippen LogP contribution in [0, 0.1) is 17.8 Å². The van der Waals surface area contributed by atoms with Crippen LogP contribution in [0.2, 0.25) is 0 Å². The van der Waals surface area contributed by atoms with Gasteiger partial charge >= 0.3 is 6.16 Å². The van der Waals surface area contributed by atoms with E-state index in [2.05, 4.69) is 0 Å². The zero-order valence-electron chi connectivity index (χ0n) is 25.3. The molecule has 9 atom stereocenters. The number of hydrogen-bond donors (Lipinski definition) is 0. The van der Waals surface area contributed by atoms with Crippen molar-refractivity contribution in [2.75, 3.05) is 21.0 Å². The molecule has 2 saturated heterocycles. The van der Waals surface area contributed by atoms with Crippen LogP contribution in [0.15, 0.2) is 0 Å². The molecule has 38 heavy (non-hydrogen) atoms. The van der Waals surface area contributed by atoms with Gasteiger partial charge in [-0.05, 0) is 60.3 Å². The molecule has 2 fully saturated rings. The Labute approximate surface area is 228 Å². The first-order chi connectivity index (χ1) is 17.5. The zero-order valence-corrected chi connectivity index (χ0v) is 25.3. The van der Waals surface area contributed by atoms with Crippen LogP contribution in [-0.4, -0.2) is 80.6 Å². The minimum Gasteiger partial charge on any atom is -0.438 e. The van der Waals surface area contributed by atoms with Gasteiger partial charge in [0, 0.05) is 18.9 Å². The Morgan fingerprint density at radius 2 is 1.53 bits per heavy atom. The van der Waals surface area contributed by atoms with Gasteiger partial charge < -0.3 is 42.7 Å². The van der Waals surface area contributed by atoms with Gasteiger partial charge in [-0.15, -0.1) is 0 Å². The smallest absolute Gasteiger partial charge is 0.438 e. The first-order valence-electron chi connectivity index (χ1n) is 13.6. The molecular weight excluding hydrogens is 496 g/mol. The third-order valence-corrected chi connectivity index (χ3v) is 7.71. The summed E-state index contributed by atoms with van der Waals surface area (Å²) in [4.78, 5) is 24.1. The Bertz CT molecular complexity index is 801. The molecule has 222 valence electrons. The third kappa shape index (κ3) is 7.26. The number of methoxy groups -OCH3 is 2. The molecule has 2 aliphatic rings. The van der Waals surface area contributed by atoms with Crippen molar-refractivity contribution in [1.29, 1.82) is 0 Å². The Morgan fingerprint density at radius 3 is 2.05 bits per heavy atom. The van der Waals surface area contributed by atoms with E-state index in [1.807, 2.05) is 69.2 Å². The summed E-state index contributed by atoms with van der Waals surface area (Å²) >= 11 is 0. The average Bonchev–Trinajstić information content (AvgIpc) is 3.23. The topological polar surface area (TPSA) is 108 Å². The summed E-state index contributed by atoms with van der Waals surface area (Å²) in [5.41, 5.74) is -1.66. The zero-order chi connectivity index (χ0) is 29.1. The molecule has 0 radical (unpaired) electrons. The molecular formula is C28H50O10. The van der Waals surface area contributed by atoms with E-state index in [-0.39, 0.29) is 30.7 Å². The van der Waals surface area contributed by atoms with Crippen LogP contribution in [0.5, 0.6) is 0 Å². The molecule has 0 aromatic carbocycles. The van der Waals surface area contributed by atoms with Crippen LogP contribution in [0.1, 0.15) is 82.1 Å². The van der Waals surface area contributed by atoms with E-state index < -0.39 is 47.2 Å². The van der Waals surface area contributed by atoms with E-state index in [0.717, 1.165) is 6.29 Å². The molecule has 0 saturated carbocycles. The van der Waals surface area contributed by atoms with E-state index in [0.29, 0.717) is 12.8 Å². The number of ether oxygens (including phenoxy) is 8.